The van der Waals surface area contributed by atoms with Gasteiger partial charge in [0.05, 0.1) is 22.9 Å². The summed E-state index contributed by atoms with van der Waals surface area (Å²) in [6.45, 7) is 5.30. The lowest BCUT2D eigenvalue weighted by atomic mass is 9.97. The fourth-order valence-corrected chi connectivity index (χ4v) is 2.82. The van der Waals surface area contributed by atoms with Gasteiger partial charge in [-0.05, 0) is 31.4 Å². The minimum atomic E-state index is -3.51. The molecular formula is C16H24N2O5S. The Morgan fingerprint density at radius 1 is 1.21 bits per heavy atom. The second kappa shape index (κ2) is 8.68. The largest absolute Gasteiger partial charge is 0.481 e. The zero-order valence-corrected chi connectivity index (χ0v) is 14.9. The topological polar surface area (TPSA) is 113 Å². The van der Waals surface area contributed by atoms with E-state index in [2.05, 4.69) is 10.0 Å². The number of rotatable bonds is 9. The summed E-state index contributed by atoms with van der Waals surface area (Å²) in [5.74, 6) is -2.10. The van der Waals surface area contributed by atoms with Crippen molar-refractivity contribution < 1.29 is 23.1 Å². The number of hydrogen-bond donors (Lipinski definition) is 3. The highest BCUT2D eigenvalue weighted by Crippen LogP contribution is 2.17. The van der Waals surface area contributed by atoms with Gasteiger partial charge in [0.2, 0.25) is 10.0 Å². The van der Waals surface area contributed by atoms with Gasteiger partial charge >= 0.3 is 5.97 Å². The van der Waals surface area contributed by atoms with Gasteiger partial charge in [0.15, 0.2) is 0 Å². The van der Waals surface area contributed by atoms with Crippen LogP contribution in [0.1, 0.15) is 37.6 Å². The first-order valence-corrected chi connectivity index (χ1v) is 9.42. The molecule has 0 aromatic heterocycles. The van der Waals surface area contributed by atoms with E-state index in [9.17, 15) is 23.1 Å². The molecule has 8 heteroatoms. The zero-order chi connectivity index (χ0) is 18.3. The van der Waals surface area contributed by atoms with Gasteiger partial charge < -0.3 is 10.4 Å². The van der Waals surface area contributed by atoms with Crippen molar-refractivity contribution in [2.24, 2.45) is 11.8 Å². The molecule has 0 spiro atoms. The molecule has 1 amide bonds. The van der Waals surface area contributed by atoms with E-state index in [1.165, 1.54) is 19.1 Å². The Labute approximate surface area is 142 Å². The van der Waals surface area contributed by atoms with Crippen LogP contribution in [0.3, 0.4) is 0 Å². The Morgan fingerprint density at radius 2 is 1.83 bits per heavy atom. The second-order valence-electron chi connectivity index (χ2n) is 5.93. The highest BCUT2D eigenvalue weighted by atomic mass is 32.2. The molecule has 7 nitrogen and oxygen atoms in total. The van der Waals surface area contributed by atoms with Crippen molar-refractivity contribution in [3.05, 3.63) is 29.8 Å². The number of carbonyl (C=O) groups is 2. The molecule has 0 heterocycles. The molecule has 0 aliphatic carbocycles. The summed E-state index contributed by atoms with van der Waals surface area (Å²) in [6.07, 6.45) is 0.444. The SMILES string of the molecule is CCS(=O)(=O)Nc1ccccc1C(=O)NCC(CC(C)C)C(=O)O. The molecule has 1 atom stereocenters. The second-order valence-corrected chi connectivity index (χ2v) is 7.94. The lowest BCUT2D eigenvalue weighted by Gasteiger charge is -2.16. The van der Waals surface area contributed by atoms with E-state index < -0.39 is 27.8 Å². The fourth-order valence-electron chi connectivity index (χ4n) is 2.16. The van der Waals surface area contributed by atoms with E-state index in [1.807, 2.05) is 13.8 Å². The fraction of sp³-hybridized carbons (Fsp3) is 0.500. The third-order valence-electron chi connectivity index (χ3n) is 3.43. The molecule has 1 rings (SSSR count). The van der Waals surface area contributed by atoms with Crippen molar-refractivity contribution in [3.63, 3.8) is 0 Å². The third kappa shape index (κ3) is 6.19. The van der Waals surface area contributed by atoms with Gasteiger partial charge in [0, 0.05) is 6.54 Å². The Hall–Kier alpha value is -2.09. The van der Waals surface area contributed by atoms with Crippen LogP contribution < -0.4 is 10.0 Å². The highest BCUT2D eigenvalue weighted by molar-refractivity contribution is 7.92. The predicted molar refractivity (Wildman–Crippen MR) is 92.4 cm³/mol. The number of carboxylic acid groups (broad SMARTS) is 1. The van der Waals surface area contributed by atoms with Crippen molar-refractivity contribution in [2.75, 3.05) is 17.0 Å². The molecule has 0 aliphatic heterocycles. The van der Waals surface area contributed by atoms with E-state index in [0.29, 0.717) is 6.42 Å². The first-order valence-electron chi connectivity index (χ1n) is 7.76. The first-order chi connectivity index (χ1) is 11.2. The number of benzene rings is 1. The van der Waals surface area contributed by atoms with Crippen molar-refractivity contribution in [3.8, 4) is 0 Å². The quantitative estimate of drug-likeness (QED) is 0.626. The molecule has 24 heavy (non-hydrogen) atoms. The summed E-state index contributed by atoms with van der Waals surface area (Å²) in [5.41, 5.74) is 0.329. The summed E-state index contributed by atoms with van der Waals surface area (Å²) in [6, 6.07) is 6.20. The minimum Gasteiger partial charge on any atom is -0.481 e. The van der Waals surface area contributed by atoms with Gasteiger partial charge in [-0.3, -0.25) is 14.3 Å². The van der Waals surface area contributed by atoms with Crippen LogP contribution in [0.5, 0.6) is 0 Å². The van der Waals surface area contributed by atoms with Gasteiger partial charge in [0.1, 0.15) is 0 Å². The zero-order valence-electron chi connectivity index (χ0n) is 14.1. The molecule has 1 aromatic carbocycles. The smallest absolute Gasteiger partial charge is 0.308 e. The van der Waals surface area contributed by atoms with E-state index in [4.69, 9.17) is 0 Å². The van der Waals surface area contributed by atoms with Crippen molar-refractivity contribution in [2.45, 2.75) is 27.2 Å². The van der Waals surface area contributed by atoms with Crippen LogP contribution in [0.4, 0.5) is 5.69 Å². The molecule has 1 aromatic rings. The van der Waals surface area contributed by atoms with Gasteiger partial charge in [-0.2, -0.15) is 0 Å². The van der Waals surface area contributed by atoms with Crippen LogP contribution >= 0.6 is 0 Å². The summed E-state index contributed by atoms with van der Waals surface area (Å²) >= 11 is 0. The molecule has 1 unspecified atom stereocenters. The minimum absolute atomic E-state index is 0.0127. The number of carboxylic acids is 1. The Morgan fingerprint density at radius 3 is 2.38 bits per heavy atom. The van der Waals surface area contributed by atoms with Crippen LogP contribution in [0.25, 0.3) is 0 Å². The molecule has 134 valence electrons. The highest BCUT2D eigenvalue weighted by Gasteiger charge is 2.21. The van der Waals surface area contributed by atoms with Crippen molar-refractivity contribution >= 4 is 27.6 Å². The maximum atomic E-state index is 12.3. The molecule has 0 saturated carbocycles. The van der Waals surface area contributed by atoms with Crippen LogP contribution in [-0.2, 0) is 14.8 Å². The summed E-state index contributed by atoms with van der Waals surface area (Å²) in [7, 11) is -3.51. The molecule has 0 fully saturated rings. The maximum Gasteiger partial charge on any atom is 0.308 e. The third-order valence-corrected chi connectivity index (χ3v) is 4.72. The van der Waals surface area contributed by atoms with Gasteiger partial charge in [-0.1, -0.05) is 26.0 Å². The Balaban J connectivity index is 2.86. The van der Waals surface area contributed by atoms with Crippen LogP contribution in [-0.4, -0.2) is 37.7 Å². The summed E-state index contributed by atoms with van der Waals surface area (Å²) in [4.78, 5) is 23.5. The molecule has 0 aliphatic rings. The average molecular weight is 356 g/mol. The van der Waals surface area contributed by atoms with Crippen LogP contribution in [0, 0.1) is 11.8 Å². The summed E-state index contributed by atoms with van der Waals surface area (Å²) in [5, 5.41) is 11.8. The number of aliphatic carboxylic acids is 1. The van der Waals surface area contributed by atoms with Gasteiger partial charge in [0.25, 0.3) is 5.91 Å². The normalized spacial score (nSPS) is 12.7. The molecule has 3 N–H and O–H groups in total. The number of para-hydroxylation sites is 1. The van der Waals surface area contributed by atoms with E-state index in [0.717, 1.165) is 0 Å². The lowest BCUT2D eigenvalue weighted by Crippen LogP contribution is -2.34. The van der Waals surface area contributed by atoms with E-state index in [1.54, 1.807) is 12.1 Å². The Kier molecular flexibility index (Phi) is 7.21. The van der Waals surface area contributed by atoms with E-state index in [-0.39, 0.29) is 29.5 Å². The average Bonchev–Trinajstić information content (AvgIpc) is 2.50. The number of carbonyl (C=O) groups excluding carboxylic acids is 1. The molecule has 0 bridgehead atoms. The number of nitrogens with one attached hydrogen (secondary N) is 2. The van der Waals surface area contributed by atoms with Crippen molar-refractivity contribution in [1.82, 2.24) is 5.32 Å². The van der Waals surface area contributed by atoms with Gasteiger partial charge in [-0.15, -0.1) is 0 Å². The van der Waals surface area contributed by atoms with E-state index >= 15 is 0 Å². The van der Waals surface area contributed by atoms with Crippen LogP contribution in [0.15, 0.2) is 24.3 Å². The maximum absolute atomic E-state index is 12.3. The predicted octanol–water partition coefficient (Wildman–Crippen LogP) is 1.92. The Bertz CT molecular complexity index is 685. The monoisotopic (exact) mass is 356 g/mol. The lowest BCUT2D eigenvalue weighted by molar-refractivity contribution is -0.142. The summed E-state index contributed by atoms with van der Waals surface area (Å²) < 4.78 is 25.8. The van der Waals surface area contributed by atoms with Crippen molar-refractivity contribution in [1.29, 1.82) is 0 Å². The molecule has 0 saturated heterocycles. The number of amides is 1. The van der Waals surface area contributed by atoms with Gasteiger partial charge in [-0.25, -0.2) is 8.42 Å². The number of hydrogen-bond acceptors (Lipinski definition) is 4. The first kappa shape index (κ1) is 20.0. The van der Waals surface area contributed by atoms with Crippen LogP contribution in [0.2, 0.25) is 0 Å². The standard InChI is InChI=1S/C16H24N2O5S/c1-4-24(22,23)18-14-8-6-5-7-13(14)15(19)17-10-12(16(20)21)9-11(2)3/h5-8,11-12,18H,4,9-10H2,1-3H3,(H,17,19)(H,20,21). The number of sulfonamides is 1. The number of anilines is 1. The molecule has 0 radical (unpaired) electrons. The molecular weight excluding hydrogens is 332 g/mol.